The molecule has 1 aromatic rings. The second-order valence-corrected chi connectivity index (χ2v) is 6.03. The summed E-state index contributed by atoms with van der Waals surface area (Å²) in [6.07, 6.45) is 2.33. The maximum atomic E-state index is 5.85. The normalized spacial score (nSPS) is 21.8. The monoisotopic (exact) mass is 311 g/mol. The Kier molecular flexibility index (Phi) is 5.36. The summed E-state index contributed by atoms with van der Waals surface area (Å²) in [5, 5.41) is 0.737. The van der Waals surface area contributed by atoms with E-state index < -0.39 is 0 Å². The lowest BCUT2D eigenvalue weighted by Gasteiger charge is -2.33. The summed E-state index contributed by atoms with van der Waals surface area (Å²) in [4.78, 5) is 2.45. The predicted molar refractivity (Wildman–Crippen MR) is 81.8 cm³/mol. The van der Waals surface area contributed by atoms with E-state index in [4.69, 9.17) is 25.8 Å². The van der Waals surface area contributed by atoms with E-state index in [2.05, 4.69) is 4.90 Å². The lowest BCUT2D eigenvalue weighted by molar-refractivity contribution is -0.0976. The highest BCUT2D eigenvalue weighted by atomic mass is 35.5. The fourth-order valence-corrected chi connectivity index (χ4v) is 3.05. The molecule has 2 aliphatic heterocycles. The molecular weight excluding hydrogens is 290 g/mol. The number of halogens is 1. The van der Waals surface area contributed by atoms with Gasteiger partial charge >= 0.3 is 0 Å². The molecule has 0 radical (unpaired) electrons. The summed E-state index contributed by atoms with van der Waals surface area (Å²) < 4.78 is 16.9. The van der Waals surface area contributed by atoms with Crippen LogP contribution in [0.4, 0.5) is 0 Å². The number of hydrogen-bond donors (Lipinski definition) is 0. The van der Waals surface area contributed by atoms with Crippen molar-refractivity contribution in [1.82, 2.24) is 4.90 Å². The van der Waals surface area contributed by atoms with Gasteiger partial charge in [-0.3, -0.25) is 4.90 Å². The molecule has 0 spiro atoms. The van der Waals surface area contributed by atoms with Gasteiger partial charge in [-0.15, -0.1) is 0 Å². The standard InChI is InChI=1S/C16H22ClNO3/c17-14-1-3-15(4-2-14)19-10-9-18-7-5-13(6-8-18)16-20-11-12-21-16/h1-4,13,16H,5-12H2. The van der Waals surface area contributed by atoms with Crippen LogP contribution in [-0.4, -0.2) is 50.6 Å². The number of piperidine rings is 1. The molecule has 21 heavy (non-hydrogen) atoms. The van der Waals surface area contributed by atoms with Gasteiger partial charge in [-0.1, -0.05) is 11.6 Å². The molecule has 4 nitrogen and oxygen atoms in total. The fourth-order valence-electron chi connectivity index (χ4n) is 2.92. The molecule has 0 bridgehead atoms. The van der Waals surface area contributed by atoms with Crippen LogP contribution in [0.15, 0.2) is 24.3 Å². The van der Waals surface area contributed by atoms with E-state index >= 15 is 0 Å². The first-order valence-corrected chi connectivity index (χ1v) is 8.03. The van der Waals surface area contributed by atoms with Gasteiger partial charge in [0.15, 0.2) is 6.29 Å². The van der Waals surface area contributed by atoms with Crippen molar-refractivity contribution in [2.45, 2.75) is 19.1 Å². The van der Waals surface area contributed by atoms with Crippen LogP contribution in [0.5, 0.6) is 5.75 Å². The third kappa shape index (κ3) is 4.33. The van der Waals surface area contributed by atoms with Crippen molar-refractivity contribution in [2.75, 3.05) is 39.5 Å². The van der Waals surface area contributed by atoms with Crippen molar-refractivity contribution < 1.29 is 14.2 Å². The van der Waals surface area contributed by atoms with Crippen LogP contribution < -0.4 is 4.74 Å². The average molecular weight is 312 g/mol. The molecule has 0 N–H and O–H groups in total. The zero-order valence-corrected chi connectivity index (χ0v) is 12.9. The zero-order chi connectivity index (χ0) is 14.5. The molecule has 0 saturated carbocycles. The van der Waals surface area contributed by atoms with Crippen LogP contribution >= 0.6 is 11.6 Å². The third-order valence-electron chi connectivity index (χ3n) is 4.15. The number of hydrogen-bond acceptors (Lipinski definition) is 4. The number of ether oxygens (including phenoxy) is 3. The molecular formula is C16H22ClNO3. The Bertz CT molecular complexity index is 426. The SMILES string of the molecule is Clc1ccc(OCCN2CCC(C3OCCO3)CC2)cc1. The Morgan fingerprint density at radius 2 is 1.76 bits per heavy atom. The summed E-state index contributed by atoms with van der Waals surface area (Å²) in [6.45, 7) is 5.36. The predicted octanol–water partition coefficient (Wildman–Crippen LogP) is 2.80. The van der Waals surface area contributed by atoms with Crippen LogP contribution in [0.2, 0.25) is 5.02 Å². The number of likely N-dealkylation sites (tertiary alicyclic amines) is 1. The Morgan fingerprint density at radius 1 is 1.10 bits per heavy atom. The highest BCUT2D eigenvalue weighted by Crippen LogP contribution is 2.25. The molecule has 3 rings (SSSR count). The molecule has 5 heteroatoms. The van der Waals surface area contributed by atoms with Gasteiger partial charge in [-0.2, -0.15) is 0 Å². The second-order valence-electron chi connectivity index (χ2n) is 5.59. The van der Waals surface area contributed by atoms with E-state index in [0.29, 0.717) is 12.5 Å². The van der Waals surface area contributed by atoms with Crippen molar-refractivity contribution in [1.29, 1.82) is 0 Å². The molecule has 0 aliphatic carbocycles. The van der Waals surface area contributed by atoms with Gasteiger partial charge < -0.3 is 14.2 Å². The first-order chi connectivity index (χ1) is 10.3. The van der Waals surface area contributed by atoms with Crippen LogP contribution in [0.1, 0.15) is 12.8 Å². The minimum atomic E-state index is 0.0393. The molecule has 2 aliphatic rings. The molecule has 0 aromatic heterocycles. The van der Waals surface area contributed by atoms with Crippen molar-refractivity contribution in [2.24, 2.45) is 5.92 Å². The molecule has 1 aromatic carbocycles. The molecule has 2 fully saturated rings. The second kappa shape index (κ2) is 7.45. The highest BCUT2D eigenvalue weighted by molar-refractivity contribution is 6.30. The van der Waals surface area contributed by atoms with Crippen LogP contribution in [0.3, 0.4) is 0 Å². The summed E-state index contributed by atoms with van der Waals surface area (Å²) in [6, 6.07) is 7.51. The summed E-state index contributed by atoms with van der Waals surface area (Å²) in [7, 11) is 0. The largest absolute Gasteiger partial charge is 0.492 e. The minimum Gasteiger partial charge on any atom is -0.492 e. The van der Waals surface area contributed by atoms with Gasteiger partial charge in [0.25, 0.3) is 0 Å². The quantitative estimate of drug-likeness (QED) is 0.836. The van der Waals surface area contributed by atoms with Crippen LogP contribution in [0.25, 0.3) is 0 Å². The summed E-state index contributed by atoms with van der Waals surface area (Å²) in [5.41, 5.74) is 0. The van der Waals surface area contributed by atoms with E-state index in [-0.39, 0.29) is 6.29 Å². The molecule has 0 amide bonds. The van der Waals surface area contributed by atoms with E-state index in [1.165, 1.54) is 0 Å². The first-order valence-electron chi connectivity index (χ1n) is 7.65. The molecule has 116 valence electrons. The van der Waals surface area contributed by atoms with Gasteiger partial charge in [0, 0.05) is 17.5 Å². The van der Waals surface area contributed by atoms with Crippen molar-refractivity contribution in [3.8, 4) is 5.75 Å². The van der Waals surface area contributed by atoms with Crippen LogP contribution in [-0.2, 0) is 9.47 Å². The Hall–Kier alpha value is -0.810. The highest BCUT2D eigenvalue weighted by Gasteiger charge is 2.30. The van der Waals surface area contributed by atoms with Gasteiger partial charge in [-0.25, -0.2) is 0 Å². The number of nitrogens with zero attached hydrogens (tertiary/aromatic N) is 1. The Labute approximate surface area is 130 Å². The molecule has 2 heterocycles. The van der Waals surface area contributed by atoms with Crippen molar-refractivity contribution in [3.05, 3.63) is 29.3 Å². The molecule has 0 atom stereocenters. The smallest absolute Gasteiger partial charge is 0.160 e. The number of rotatable bonds is 5. The van der Waals surface area contributed by atoms with Gasteiger partial charge in [0.2, 0.25) is 0 Å². The van der Waals surface area contributed by atoms with Gasteiger partial charge in [-0.05, 0) is 50.2 Å². The van der Waals surface area contributed by atoms with E-state index in [1.54, 1.807) is 0 Å². The third-order valence-corrected chi connectivity index (χ3v) is 4.41. The Morgan fingerprint density at radius 3 is 2.43 bits per heavy atom. The fraction of sp³-hybridized carbons (Fsp3) is 0.625. The summed E-state index contributed by atoms with van der Waals surface area (Å²) in [5.74, 6) is 1.43. The van der Waals surface area contributed by atoms with Crippen molar-refractivity contribution in [3.63, 3.8) is 0 Å². The molecule has 0 unspecified atom stereocenters. The van der Waals surface area contributed by atoms with E-state index in [0.717, 1.165) is 56.5 Å². The maximum absolute atomic E-state index is 5.85. The maximum Gasteiger partial charge on any atom is 0.160 e. The van der Waals surface area contributed by atoms with Crippen LogP contribution in [0, 0.1) is 5.92 Å². The van der Waals surface area contributed by atoms with Crippen molar-refractivity contribution >= 4 is 11.6 Å². The van der Waals surface area contributed by atoms with E-state index in [1.807, 2.05) is 24.3 Å². The Balaban J connectivity index is 1.34. The van der Waals surface area contributed by atoms with E-state index in [9.17, 15) is 0 Å². The topological polar surface area (TPSA) is 30.9 Å². The lowest BCUT2D eigenvalue weighted by atomic mass is 9.96. The first kappa shape index (κ1) is 15.1. The summed E-state index contributed by atoms with van der Waals surface area (Å²) >= 11 is 5.85. The zero-order valence-electron chi connectivity index (χ0n) is 12.2. The number of benzene rings is 1. The van der Waals surface area contributed by atoms with Gasteiger partial charge in [0.1, 0.15) is 12.4 Å². The molecule has 2 saturated heterocycles. The minimum absolute atomic E-state index is 0.0393. The lowest BCUT2D eigenvalue weighted by Crippen LogP contribution is -2.39. The average Bonchev–Trinajstić information content (AvgIpc) is 3.04. The van der Waals surface area contributed by atoms with Gasteiger partial charge in [0.05, 0.1) is 13.2 Å².